The molecule has 0 amide bonds. The molecule has 1 heterocycles. The zero-order chi connectivity index (χ0) is 10.6. The maximum Gasteiger partial charge on any atom is 0.215 e. The van der Waals surface area contributed by atoms with Crippen LogP contribution in [0.1, 0.15) is 5.56 Å². The van der Waals surface area contributed by atoms with Gasteiger partial charge in [-0.05, 0) is 6.07 Å². The molecule has 4 nitrogen and oxygen atoms in total. The summed E-state index contributed by atoms with van der Waals surface area (Å²) < 4.78 is 29.0. The summed E-state index contributed by atoms with van der Waals surface area (Å²) in [5, 5.41) is 0. The topological polar surface area (TPSA) is 50.5 Å². The first-order chi connectivity index (χ1) is 6.56. The first kappa shape index (κ1) is 11.6. The van der Waals surface area contributed by atoms with Crippen molar-refractivity contribution in [2.45, 2.75) is 6.54 Å². The van der Waals surface area contributed by atoms with Crippen LogP contribution in [0.2, 0.25) is 0 Å². The molecule has 1 aromatic rings. The zero-order valence-electron chi connectivity index (χ0n) is 7.81. The fourth-order valence-corrected chi connectivity index (χ4v) is 2.43. The smallest absolute Gasteiger partial charge is 0.215 e. The highest BCUT2D eigenvalue weighted by Crippen LogP contribution is 2.08. The fraction of sp³-hybridized carbons (Fsp3) is 0.500. The van der Waals surface area contributed by atoms with Crippen LogP contribution in [0.3, 0.4) is 0 Å². The van der Waals surface area contributed by atoms with Crippen LogP contribution in [-0.2, 0) is 16.6 Å². The first-order valence-corrected chi connectivity index (χ1v) is 6.21. The lowest BCUT2D eigenvalue weighted by Crippen LogP contribution is -2.29. The summed E-state index contributed by atoms with van der Waals surface area (Å²) in [5.41, 5.74) is 0.825. The van der Waals surface area contributed by atoms with Crippen LogP contribution in [0.4, 0.5) is 0 Å². The summed E-state index contributed by atoms with van der Waals surface area (Å²) in [5.74, 6) is 0.0704. The van der Waals surface area contributed by atoms with Gasteiger partial charge in [-0.3, -0.25) is 0 Å². The van der Waals surface area contributed by atoms with Gasteiger partial charge in [-0.15, -0.1) is 11.6 Å². The fourth-order valence-electron chi connectivity index (χ4n) is 0.991. The van der Waals surface area contributed by atoms with Gasteiger partial charge in [0.25, 0.3) is 0 Å². The van der Waals surface area contributed by atoms with E-state index < -0.39 is 10.0 Å². The Bertz CT molecular complexity index is 360. The lowest BCUT2D eigenvalue weighted by Gasteiger charge is -2.14. The van der Waals surface area contributed by atoms with E-state index in [-0.39, 0.29) is 11.6 Å². The van der Waals surface area contributed by atoms with Gasteiger partial charge in [-0.25, -0.2) is 12.7 Å². The van der Waals surface area contributed by atoms with Crippen LogP contribution in [0.25, 0.3) is 0 Å². The molecule has 14 heavy (non-hydrogen) atoms. The molecule has 80 valence electrons. The molecule has 0 aliphatic rings. The first-order valence-electron chi connectivity index (χ1n) is 4.07. The normalized spacial score (nSPS) is 12.2. The van der Waals surface area contributed by atoms with Crippen LogP contribution in [0.15, 0.2) is 23.0 Å². The van der Waals surface area contributed by atoms with Crippen molar-refractivity contribution in [2.75, 3.05) is 18.7 Å². The number of hydrogen-bond acceptors (Lipinski definition) is 3. The van der Waals surface area contributed by atoms with Gasteiger partial charge in [0.2, 0.25) is 10.0 Å². The second-order valence-corrected chi connectivity index (χ2v) is 5.47. The van der Waals surface area contributed by atoms with Gasteiger partial charge in [0.1, 0.15) is 0 Å². The minimum absolute atomic E-state index is 0.0388. The highest BCUT2D eigenvalue weighted by Gasteiger charge is 2.17. The van der Waals surface area contributed by atoms with Gasteiger partial charge >= 0.3 is 0 Å². The highest BCUT2D eigenvalue weighted by molar-refractivity contribution is 7.89. The van der Waals surface area contributed by atoms with Gasteiger partial charge in [0.15, 0.2) is 0 Å². The third kappa shape index (κ3) is 3.01. The molecule has 0 fully saturated rings. The van der Waals surface area contributed by atoms with Crippen LogP contribution in [0, 0.1) is 0 Å². The minimum Gasteiger partial charge on any atom is -0.472 e. The molecule has 0 saturated carbocycles. The molecule has 1 rings (SSSR count). The maximum atomic E-state index is 11.5. The molecular weight excluding hydrogens is 226 g/mol. The van der Waals surface area contributed by atoms with Gasteiger partial charge < -0.3 is 4.42 Å². The molecule has 0 spiro atoms. The Kier molecular flexibility index (Phi) is 3.97. The van der Waals surface area contributed by atoms with Crippen LogP contribution >= 0.6 is 11.6 Å². The van der Waals surface area contributed by atoms with E-state index in [9.17, 15) is 8.42 Å². The highest BCUT2D eigenvalue weighted by atomic mass is 35.5. The molecule has 0 aliphatic carbocycles. The Morgan fingerprint density at radius 3 is 2.79 bits per heavy atom. The molecule has 0 N–H and O–H groups in total. The number of halogens is 1. The number of nitrogens with zero attached hydrogens (tertiary/aromatic N) is 1. The molecule has 0 unspecified atom stereocenters. The van der Waals surface area contributed by atoms with Crippen molar-refractivity contribution in [1.29, 1.82) is 0 Å². The summed E-state index contributed by atoms with van der Waals surface area (Å²) in [6.45, 7) is 0.315. The van der Waals surface area contributed by atoms with E-state index in [2.05, 4.69) is 0 Å². The molecule has 0 radical (unpaired) electrons. The second-order valence-electron chi connectivity index (χ2n) is 2.89. The molecule has 0 aromatic carbocycles. The number of alkyl halides is 1. The lowest BCUT2D eigenvalue weighted by molar-refractivity contribution is 0.464. The minimum atomic E-state index is -3.23. The van der Waals surface area contributed by atoms with Crippen molar-refractivity contribution in [3.8, 4) is 0 Å². The van der Waals surface area contributed by atoms with Crippen LogP contribution < -0.4 is 0 Å². The van der Waals surface area contributed by atoms with Gasteiger partial charge in [0, 0.05) is 25.0 Å². The molecular formula is C8H12ClNO3S. The van der Waals surface area contributed by atoms with Crippen molar-refractivity contribution in [1.82, 2.24) is 4.31 Å². The third-order valence-corrected chi connectivity index (χ3v) is 4.01. The Morgan fingerprint density at radius 1 is 1.57 bits per heavy atom. The van der Waals surface area contributed by atoms with Crippen molar-refractivity contribution in [3.63, 3.8) is 0 Å². The second kappa shape index (κ2) is 4.82. The number of rotatable bonds is 5. The Hall–Kier alpha value is -0.520. The van der Waals surface area contributed by atoms with Crippen molar-refractivity contribution >= 4 is 21.6 Å². The van der Waals surface area contributed by atoms with Crippen molar-refractivity contribution in [2.24, 2.45) is 0 Å². The van der Waals surface area contributed by atoms with E-state index in [1.807, 2.05) is 0 Å². The third-order valence-electron chi connectivity index (χ3n) is 1.80. The zero-order valence-corrected chi connectivity index (χ0v) is 9.38. The SMILES string of the molecule is CN(Cc1ccoc1)S(=O)(=O)CCCl. The van der Waals surface area contributed by atoms with E-state index in [4.69, 9.17) is 16.0 Å². The summed E-state index contributed by atoms with van der Waals surface area (Å²) in [4.78, 5) is 0. The largest absolute Gasteiger partial charge is 0.472 e. The molecule has 0 bridgehead atoms. The molecule has 0 aliphatic heterocycles. The summed E-state index contributed by atoms with van der Waals surface area (Å²) in [7, 11) is -1.70. The molecule has 0 saturated heterocycles. The Morgan fingerprint density at radius 2 is 2.29 bits per heavy atom. The Balaban J connectivity index is 2.62. The van der Waals surface area contributed by atoms with Crippen LogP contribution in [-0.4, -0.2) is 31.4 Å². The number of furan rings is 1. The van der Waals surface area contributed by atoms with Gasteiger partial charge in [0.05, 0.1) is 18.3 Å². The summed E-state index contributed by atoms with van der Waals surface area (Å²) in [6.07, 6.45) is 3.03. The van der Waals surface area contributed by atoms with Crippen molar-refractivity contribution in [3.05, 3.63) is 24.2 Å². The summed E-state index contributed by atoms with van der Waals surface area (Å²) in [6, 6.07) is 1.73. The monoisotopic (exact) mass is 237 g/mol. The lowest BCUT2D eigenvalue weighted by atomic mass is 10.3. The predicted molar refractivity (Wildman–Crippen MR) is 54.7 cm³/mol. The van der Waals surface area contributed by atoms with Gasteiger partial charge in [-0.1, -0.05) is 0 Å². The molecule has 1 aromatic heterocycles. The average Bonchev–Trinajstić information content (AvgIpc) is 2.56. The van der Waals surface area contributed by atoms with Crippen molar-refractivity contribution < 1.29 is 12.8 Å². The van der Waals surface area contributed by atoms with Crippen LogP contribution in [0.5, 0.6) is 0 Å². The molecule has 0 atom stereocenters. The van der Waals surface area contributed by atoms with Gasteiger partial charge in [-0.2, -0.15) is 0 Å². The number of sulfonamides is 1. The van der Waals surface area contributed by atoms with E-state index in [1.54, 1.807) is 6.07 Å². The average molecular weight is 238 g/mol. The molecule has 6 heteroatoms. The number of hydrogen-bond donors (Lipinski definition) is 0. The standard InChI is InChI=1S/C8H12ClNO3S/c1-10(14(11,12)5-3-9)6-8-2-4-13-7-8/h2,4,7H,3,5-6H2,1H3. The van der Waals surface area contributed by atoms with E-state index >= 15 is 0 Å². The quantitative estimate of drug-likeness (QED) is 0.725. The predicted octanol–water partition coefficient (Wildman–Crippen LogP) is 1.28. The van der Waals surface area contributed by atoms with E-state index in [0.717, 1.165) is 5.56 Å². The van der Waals surface area contributed by atoms with E-state index in [1.165, 1.54) is 23.9 Å². The summed E-state index contributed by atoms with van der Waals surface area (Å²) >= 11 is 5.39. The Labute approximate surface area is 88.5 Å². The maximum absolute atomic E-state index is 11.5. The van der Waals surface area contributed by atoms with E-state index in [0.29, 0.717) is 6.54 Å².